The number of carbonyl (C=O) groups excluding carboxylic acids is 2. The minimum atomic E-state index is -0.415. The van der Waals surface area contributed by atoms with Gasteiger partial charge in [0.2, 0.25) is 11.8 Å². The third-order valence-electron chi connectivity index (χ3n) is 5.40. The first-order chi connectivity index (χ1) is 15.1. The monoisotopic (exact) mass is 435 g/mol. The zero-order valence-electron chi connectivity index (χ0n) is 17.0. The Kier molecular flexibility index (Phi) is 5.07. The van der Waals surface area contributed by atoms with E-state index in [4.69, 9.17) is 9.47 Å². The molecule has 0 saturated carbocycles. The van der Waals surface area contributed by atoms with Gasteiger partial charge in [-0.25, -0.2) is 4.98 Å². The summed E-state index contributed by atoms with van der Waals surface area (Å²) in [6, 6.07) is 13.0. The lowest BCUT2D eigenvalue weighted by atomic mass is 10.1. The number of rotatable bonds is 4. The normalized spacial score (nSPS) is 17.6. The highest BCUT2D eigenvalue weighted by Crippen LogP contribution is 2.36. The number of fused-ring (bicyclic) bond motifs is 1. The number of aromatic nitrogens is 1. The van der Waals surface area contributed by atoms with Gasteiger partial charge in [0.15, 0.2) is 11.5 Å². The summed E-state index contributed by atoms with van der Waals surface area (Å²) in [6.45, 7) is 3.30. The van der Waals surface area contributed by atoms with E-state index in [1.54, 1.807) is 28.4 Å². The van der Waals surface area contributed by atoms with Gasteiger partial charge in [-0.15, -0.1) is 11.3 Å². The number of hydrogen-bond acceptors (Lipinski definition) is 6. The molecule has 7 nitrogen and oxygen atoms in total. The predicted octanol–water partition coefficient (Wildman–Crippen LogP) is 3.88. The second kappa shape index (κ2) is 8.03. The fourth-order valence-corrected chi connectivity index (χ4v) is 4.42. The quantitative estimate of drug-likeness (QED) is 0.673. The Morgan fingerprint density at radius 2 is 1.90 bits per heavy atom. The van der Waals surface area contributed by atoms with E-state index in [2.05, 4.69) is 10.3 Å². The third-order valence-corrected chi connectivity index (χ3v) is 6.17. The molecule has 0 bridgehead atoms. The molecule has 1 atom stereocenters. The van der Waals surface area contributed by atoms with Crippen LogP contribution in [0.25, 0.3) is 11.3 Å². The predicted molar refractivity (Wildman–Crippen MR) is 119 cm³/mol. The summed E-state index contributed by atoms with van der Waals surface area (Å²) in [5.74, 6) is 0.644. The number of nitrogens with one attached hydrogen (secondary N) is 1. The van der Waals surface area contributed by atoms with Crippen molar-refractivity contribution in [2.75, 3.05) is 30.0 Å². The minimum Gasteiger partial charge on any atom is -0.486 e. The van der Waals surface area contributed by atoms with Crippen molar-refractivity contribution >= 4 is 34.5 Å². The van der Waals surface area contributed by atoms with E-state index < -0.39 is 5.92 Å². The number of nitrogens with zero attached hydrogens (tertiary/aromatic N) is 2. The topological polar surface area (TPSA) is 80.8 Å². The highest BCUT2D eigenvalue weighted by molar-refractivity contribution is 7.09. The first kappa shape index (κ1) is 19.6. The second-order valence-electron chi connectivity index (χ2n) is 7.55. The molecule has 0 radical (unpaired) electrons. The van der Waals surface area contributed by atoms with Crippen molar-refractivity contribution in [1.82, 2.24) is 4.98 Å². The van der Waals surface area contributed by atoms with Gasteiger partial charge in [0.1, 0.15) is 13.2 Å². The van der Waals surface area contributed by atoms with E-state index in [1.807, 2.05) is 42.6 Å². The van der Waals surface area contributed by atoms with Gasteiger partial charge >= 0.3 is 0 Å². The molecule has 2 aliphatic heterocycles. The molecular formula is C23H21N3O4S. The van der Waals surface area contributed by atoms with Crippen LogP contribution >= 0.6 is 11.3 Å². The van der Waals surface area contributed by atoms with Crippen molar-refractivity contribution in [2.24, 2.45) is 5.92 Å². The smallest absolute Gasteiger partial charge is 0.229 e. The van der Waals surface area contributed by atoms with Crippen molar-refractivity contribution in [3.63, 3.8) is 0 Å². The van der Waals surface area contributed by atoms with Crippen molar-refractivity contribution in [3.8, 4) is 22.8 Å². The molecule has 5 rings (SSSR count). The van der Waals surface area contributed by atoms with Crippen LogP contribution in [0.2, 0.25) is 0 Å². The van der Waals surface area contributed by atoms with Crippen molar-refractivity contribution in [2.45, 2.75) is 13.3 Å². The Labute approximate surface area is 183 Å². The molecule has 0 unspecified atom stereocenters. The lowest BCUT2D eigenvalue weighted by molar-refractivity contribution is -0.122. The molecule has 0 aliphatic carbocycles. The average Bonchev–Trinajstić information content (AvgIpc) is 3.40. The fourth-order valence-electron chi connectivity index (χ4n) is 3.80. The average molecular weight is 436 g/mol. The van der Waals surface area contributed by atoms with Gasteiger partial charge in [0, 0.05) is 41.4 Å². The number of ether oxygens (including phenoxy) is 2. The summed E-state index contributed by atoms with van der Waals surface area (Å²) in [6.07, 6.45) is 0.177. The Balaban J connectivity index is 1.25. The molecule has 1 fully saturated rings. The molecule has 1 aromatic heterocycles. The number of hydrogen-bond donors (Lipinski definition) is 1. The molecule has 0 spiro atoms. The molecule has 1 saturated heterocycles. The van der Waals surface area contributed by atoms with Crippen LogP contribution in [0.1, 0.15) is 11.4 Å². The molecule has 2 aliphatic rings. The summed E-state index contributed by atoms with van der Waals surface area (Å²) >= 11 is 1.60. The van der Waals surface area contributed by atoms with Crippen LogP contribution in [0.3, 0.4) is 0 Å². The number of benzene rings is 2. The van der Waals surface area contributed by atoms with Crippen LogP contribution in [0, 0.1) is 12.8 Å². The maximum absolute atomic E-state index is 12.8. The van der Waals surface area contributed by atoms with E-state index in [0.717, 1.165) is 16.3 Å². The molecule has 1 N–H and O–H groups in total. The number of carbonyl (C=O) groups is 2. The molecular weight excluding hydrogens is 414 g/mol. The standard InChI is InChI=1S/C23H21N3O4S/c1-14-24-19(13-31-14)15-2-4-17(5-3-15)25-23(28)16-10-22(27)26(12-16)18-6-7-20-21(11-18)30-9-8-29-20/h2-7,11,13,16H,8-10,12H2,1H3,(H,25,28)/t16-/m0/s1. The molecule has 8 heteroatoms. The Morgan fingerprint density at radius 1 is 1.13 bits per heavy atom. The van der Waals surface area contributed by atoms with Crippen LogP contribution in [-0.2, 0) is 9.59 Å². The molecule has 2 aromatic carbocycles. The number of thiazole rings is 1. The van der Waals surface area contributed by atoms with E-state index in [-0.39, 0.29) is 18.2 Å². The third kappa shape index (κ3) is 3.98. The van der Waals surface area contributed by atoms with E-state index in [0.29, 0.717) is 42.6 Å². The minimum absolute atomic E-state index is 0.0777. The highest BCUT2D eigenvalue weighted by Gasteiger charge is 2.35. The summed E-state index contributed by atoms with van der Waals surface area (Å²) in [5, 5.41) is 5.96. The first-order valence-electron chi connectivity index (χ1n) is 10.1. The van der Waals surface area contributed by atoms with Crippen LogP contribution < -0.4 is 19.7 Å². The lowest BCUT2D eigenvalue weighted by Gasteiger charge is -2.22. The summed E-state index contributed by atoms with van der Waals surface area (Å²) in [4.78, 5) is 31.5. The van der Waals surface area contributed by atoms with Crippen LogP contribution in [0.4, 0.5) is 11.4 Å². The van der Waals surface area contributed by atoms with Crippen molar-refractivity contribution < 1.29 is 19.1 Å². The summed E-state index contributed by atoms with van der Waals surface area (Å²) in [7, 11) is 0. The number of amides is 2. The zero-order chi connectivity index (χ0) is 21.4. The maximum Gasteiger partial charge on any atom is 0.229 e. The summed E-state index contributed by atoms with van der Waals surface area (Å²) in [5.41, 5.74) is 3.35. The Morgan fingerprint density at radius 3 is 2.65 bits per heavy atom. The van der Waals surface area contributed by atoms with Gasteiger partial charge in [0.25, 0.3) is 0 Å². The molecule has 3 aromatic rings. The highest BCUT2D eigenvalue weighted by atomic mass is 32.1. The van der Waals surface area contributed by atoms with Gasteiger partial charge in [-0.2, -0.15) is 0 Å². The Hall–Kier alpha value is -3.39. The number of anilines is 2. The van der Waals surface area contributed by atoms with Crippen LogP contribution in [0.5, 0.6) is 11.5 Å². The fraction of sp³-hybridized carbons (Fsp3) is 0.261. The molecule has 2 amide bonds. The first-order valence-corrected chi connectivity index (χ1v) is 11.0. The van der Waals surface area contributed by atoms with Gasteiger partial charge in [-0.3, -0.25) is 9.59 Å². The second-order valence-corrected chi connectivity index (χ2v) is 8.61. The van der Waals surface area contributed by atoms with Crippen molar-refractivity contribution in [1.29, 1.82) is 0 Å². The van der Waals surface area contributed by atoms with Gasteiger partial charge < -0.3 is 19.7 Å². The largest absolute Gasteiger partial charge is 0.486 e. The van der Waals surface area contributed by atoms with Crippen LogP contribution in [0.15, 0.2) is 47.8 Å². The zero-order valence-corrected chi connectivity index (χ0v) is 17.8. The Bertz CT molecular complexity index is 1140. The number of aryl methyl sites for hydroxylation is 1. The van der Waals surface area contributed by atoms with E-state index >= 15 is 0 Å². The molecule has 158 valence electrons. The molecule has 3 heterocycles. The van der Waals surface area contributed by atoms with Gasteiger partial charge in [-0.1, -0.05) is 12.1 Å². The van der Waals surface area contributed by atoms with E-state index in [9.17, 15) is 9.59 Å². The maximum atomic E-state index is 12.8. The van der Waals surface area contributed by atoms with Gasteiger partial charge in [0.05, 0.1) is 16.6 Å². The summed E-state index contributed by atoms with van der Waals surface area (Å²) < 4.78 is 11.1. The van der Waals surface area contributed by atoms with Crippen molar-refractivity contribution in [3.05, 3.63) is 52.9 Å². The molecule has 31 heavy (non-hydrogen) atoms. The SMILES string of the molecule is Cc1nc(-c2ccc(NC(=O)[C@H]3CC(=O)N(c4ccc5c(c4)OCCO5)C3)cc2)cs1. The lowest BCUT2D eigenvalue weighted by Crippen LogP contribution is -2.28. The van der Waals surface area contributed by atoms with Gasteiger partial charge in [-0.05, 0) is 31.2 Å². The van der Waals surface area contributed by atoms with E-state index in [1.165, 1.54) is 0 Å². The van der Waals surface area contributed by atoms with Crippen LogP contribution in [-0.4, -0.2) is 36.6 Å².